The number of hydrogen-bond acceptors (Lipinski definition) is 5. The van der Waals surface area contributed by atoms with Gasteiger partial charge >= 0.3 is 12.0 Å². The topological polar surface area (TPSA) is 77.1 Å². The van der Waals surface area contributed by atoms with Gasteiger partial charge in [-0.3, -0.25) is 4.79 Å². The Balaban J connectivity index is 1.97. The largest absolute Gasteiger partial charge is 0.490 e. The lowest BCUT2D eigenvalue weighted by Crippen LogP contribution is -2.43. The summed E-state index contributed by atoms with van der Waals surface area (Å²) >= 11 is 0. The van der Waals surface area contributed by atoms with Crippen LogP contribution < -0.4 is 14.8 Å². The molecule has 32 heavy (non-hydrogen) atoms. The number of para-hydroxylation sites is 1. The molecule has 7 heteroatoms. The number of amides is 2. The van der Waals surface area contributed by atoms with E-state index in [-0.39, 0.29) is 18.4 Å². The van der Waals surface area contributed by atoms with Crippen molar-refractivity contribution in [3.05, 3.63) is 53.1 Å². The minimum Gasteiger partial charge on any atom is -0.490 e. The average Bonchev–Trinajstić information content (AvgIpc) is 2.80. The Morgan fingerprint density at radius 3 is 2.41 bits per heavy atom. The second-order valence-electron chi connectivity index (χ2n) is 7.54. The fourth-order valence-electron chi connectivity index (χ4n) is 4.09. The second kappa shape index (κ2) is 10.9. The van der Waals surface area contributed by atoms with E-state index in [0.717, 1.165) is 28.8 Å². The van der Waals surface area contributed by atoms with Crippen LogP contribution in [0.5, 0.6) is 11.5 Å². The molecule has 1 aliphatic rings. The van der Waals surface area contributed by atoms with E-state index in [0.29, 0.717) is 37.7 Å². The fraction of sp³-hybridized carbons (Fsp3) is 0.440. The number of carbonyl (C=O) groups excluding carboxylic acids is 2. The highest BCUT2D eigenvalue weighted by Crippen LogP contribution is 2.40. The average molecular weight is 441 g/mol. The lowest BCUT2D eigenvalue weighted by molar-refractivity contribution is -0.141. The summed E-state index contributed by atoms with van der Waals surface area (Å²) in [6, 6.07) is 10.9. The van der Waals surface area contributed by atoms with Crippen LogP contribution in [0.4, 0.5) is 10.5 Å². The summed E-state index contributed by atoms with van der Waals surface area (Å²) in [5.74, 6) is 0.919. The van der Waals surface area contributed by atoms with Crippen molar-refractivity contribution in [3.63, 3.8) is 0 Å². The number of esters is 1. The van der Waals surface area contributed by atoms with E-state index in [1.807, 2.05) is 57.2 Å². The van der Waals surface area contributed by atoms with Crippen molar-refractivity contribution in [1.82, 2.24) is 4.90 Å². The Labute approximate surface area is 189 Å². The van der Waals surface area contributed by atoms with Crippen molar-refractivity contribution in [2.75, 3.05) is 32.2 Å². The molecule has 1 N–H and O–H groups in total. The van der Waals surface area contributed by atoms with Gasteiger partial charge in [0.05, 0.1) is 32.8 Å². The SMILES string of the molecule is CCOc1cc2c(cc1OCC)C(CC(=O)OC)N(C(=O)Nc1ccccc1CC)CC2. The van der Waals surface area contributed by atoms with Gasteiger partial charge in [-0.1, -0.05) is 25.1 Å². The number of rotatable bonds is 8. The van der Waals surface area contributed by atoms with Crippen molar-refractivity contribution in [2.45, 2.75) is 46.1 Å². The summed E-state index contributed by atoms with van der Waals surface area (Å²) in [5.41, 5.74) is 3.77. The van der Waals surface area contributed by atoms with Crippen molar-refractivity contribution >= 4 is 17.7 Å². The normalized spacial score (nSPS) is 15.0. The molecule has 0 bridgehead atoms. The van der Waals surface area contributed by atoms with Crippen LogP contribution in [0.25, 0.3) is 0 Å². The number of fused-ring (bicyclic) bond motifs is 1. The first-order valence-corrected chi connectivity index (χ1v) is 11.2. The molecule has 1 unspecified atom stereocenters. The minimum atomic E-state index is -0.463. The first-order chi connectivity index (χ1) is 15.5. The number of methoxy groups -OCH3 is 1. The summed E-state index contributed by atoms with van der Waals surface area (Å²) < 4.78 is 16.5. The maximum Gasteiger partial charge on any atom is 0.322 e. The Hall–Kier alpha value is -3.22. The molecule has 0 saturated heterocycles. The Kier molecular flexibility index (Phi) is 7.98. The van der Waals surface area contributed by atoms with Gasteiger partial charge in [0.25, 0.3) is 0 Å². The third kappa shape index (κ3) is 5.15. The standard InChI is InChI=1S/C25H32N2O5/c1-5-17-10-8-9-11-20(17)26-25(29)27-13-12-18-14-22(31-6-2)23(32-7-3)15-19(18)21(27)16-24(28)30-4/h8-11,14-15,21H,5-7,12-13,16H2,1-4H3,(H,26,29). The third-order valence-electron chi connectivity index (χ3n) is 5.65. The second-order valence-corrected chi connectivity index (χ2v) is 7.54. The highest BCUT2D eigenvalue weighted by molar-refractivity contribution is 5.91. The predicted molar refractivity (Wildman–Crippen MR) is 123 cm³/mol. The molecule has 0 aliphatic carbocycles. The molecule has 0 spiro atoms. The van der Waals surface area contributed by atoms with Crippen LogP contribution >= 0.6 is 0 Å². The summed E-state index contributed by atoms with van der Waals surface area (Å²) in [6.07, 6.45) is 1.52. The van der Waals surface area contributed by atoms with Gasteiger partial charge in [-0.15, -0.1) is 0 Å². The first-order valence-electron chi connectivity index (χ1n) is 11.2. The maximum atomic E-state index is 13.3. The Morgan fingerprint density at radius 1 is 1.06 bits per heavy atom. The smallest absolute Gasteiger partial charge is 0.322 e. The Morgan fingerprint density at radius 2 is 1.75 bits per heavy atom. The number of aryl methyl sites for hydroxylation is 1. The fourth-order valence-corrected chi connectivity index (χ4v) is 4.09. The molecule has 7 nitrogen and oxygen atoms in total. The molecule has 0 saturated carbocycles. The van der Waals surface area contributed by atoms with Gasteiger partial charge in [0.1, 0.15) is 0 Å². The van der Waals surface area contributed by atoms with E-state index in [9.17, 15) is 9.59 Å². The summed E-state index contributed by atoms with van der Waals surface area (Å²) in [7, 11) is 1.36. The molecule has 1 heterocycles. The quantitative estimate of drug-likeness (QED) is 0.600. The van der Waals surface area contributed by atoms with Gasteiger partial charge in [0.2, 0.25) is 0 Å². The van der Waals surface area contributed by atoms with Crippen molar-refractivity contribution in [3.8, 4) is 11.5 Å². The zero-order chi connectivity index (χ0) is 23.1. The van der Waals surface area contributed by atoms with E-state index in [1.54, 1.807) is 4.90 Å². The van der Waals surface area contributed by atoms with Crippen LogP contribution in [0.2, 0.25) is 0 Å². The summed E-state index contributed by atoms with van der Waals surface area (Å²) in [4.78, 5) is 27.3. The number of anilines is 1. The van der Waals surface area contributed by atoms with Crippen molar-refractivity contribution in [1.29, 1.82) is 0 Å². The van der Waals surface area contributed by atoms with E-state index >= 15 is 0 Å². The number of ether oxygens (including phenoxy) is 3. The lowest BCUT2D eigenvalue weighted by atomic mass is 9.90. The van der Waals surface area contributed by atoms with Crippen LogP contribution in [0.15, 0.2) is 36.4 Å². The van der Waals surface area contributed by atoms with Crippen LogP contribution in [-0.4, -0.2) is 43.8 Å². The van der Waals surface area contributed by atoms with E-state index in [2.05, 4.69) is 5.32 Å². The number of benzene rings is 2. The molecule has 1 aliphatic heterocycles. The van der Waals surface area contributed by atoms with Crippen LogP contribution in [0, 0.1) is 0 Å². The van der Waals surface area contributed by atoms with Crippen LogP contribution in [-0.2, 0) is 22.4 Å². The number of urea groups is 1. The van der Waals surface area contributed by atoms with Gasteiger partial charge in [0.15, 0.2) is 11.5 Å². The van der Waals surface area contributed by atoms with E-state index in [4.69, 9.17) is 14.2 Å². The third-order valence-corrected chi connectivity index (χ3v) is 5.65. The molecule has 0 fully saturated rings. The molecule has 0 aromatic heterocycles. The highest BCUT2D eigenvalue weighted by Gasteiger charge is 2.34. The van der Waals surface area contributed by atoms with E-state index in [1.165, 1.54) is 7.11 Å². The molecule has 2 aromatic carbocycles. The summed E-state index contributed by atoms with van der Waals surface area (Å²) in [5, 5.41) is 3.03. The van der Waals surface area contributed by atoms with Gasteiger partial charge in [-0.2, -0.15) is 0 Å². The van der Waals surface area contributed by atoms with Gasteiger partial charge < -0.3 is 24.4 Å². The van der Waals surface area contributed by atoms with Gasteiger partial charge in [0, 0.05) is 12.2 Å². The molecule has 1 atom stereocenters. The van der Waals surface area contributed by atoms with Crippen LogP contribution in [0.3, 0.4) is 0 Å². The zero-order valence-corrected chi connectivity index (χ0v) is 19.3. The number of carbonyl (C=O) groups is 2. The zero-order valence-electron chi connectivity index (χ0n) is 19.3. The van der Waals surface area contributed by atoms with Gasteiger partial charge in [-0.25, -0.2) is 4.79 Å². The molecule has 0 radical (unpaired) electrons. The number of nitrogens with zero attached hydrogens (tertiary/aromatic N) is 1. The molecular formula is C25H32N2O5. The predicted octanol–water partition coefficient (Wildman–Crippen LogP) is 4.74. The first kappa shape index (κ1) is 23.4. The lowest BCUT2D eigenvalue weighted by Gasteiger charge is -2.37. The van der Waals surface area contributed by atoms with Crippen molar-refractivity contribution in [2.24, 2.45) is 0 Å². The molecular weight excluding hydrogens is 408 g/mol. The molecule has 172 valence electrons. The minimum absolute atomic E-state index is 0.0614. The van der Waals surface area contributed by atoms with Gasteiger partial charge in [-0.05, 0) is 61.6 Å². The van der Waals surface area contributed by atoms with E-state index < -0.39 is 6.04 Å². The Bertz CT molecular complexity index is 959. The number of hydrogen-bond donors (Lipinski definition) is 1. The molecule has 2 amide bonds. The molecule has 2 aromatic rings. The maximum absolute atomic E-state index is 13.3. The summed E-state index contributed by atoms with van der Waals surface area (Å²) in [6.45, 7) is 7.37. The molecule has 3 rings (SSSR count). The monoisotopic (exact) mass is 440 g/mol. The number of nitrogens with one attached hydrogen (secondary N) is 1. The highest BCUT2D eigenvalue weighted by atomic mass is 16.5. The van der Waals surface area contributed by atoms with Crippen molar-refractivity contribution < 1.29 is 23.8 Å². The van der Waals surface area contributed by atoms with Crippen LogP contribution in [0.1, 0.15) is 49.9 Å².